The SMILES string of the molecule is O=C(c1cc(=O)[nH]c2ncccc12)N1CCN(c2ccc(Cl)c(Cl)c2)CC1CN1CCOCC1. The second-order valence-electron chi connectivity index (χ2n) is 8.56. The van der Waals surface area contributed by atoms with Crippen LogP contribution in [0.15, 0.2) is 47.4 Å². The summed E-state index contributed by atoms with van der Waals surface area (Å²) in [5.74, 6) is -0.156. The van der Waals surface area contributed by atoms with E-state index in [1.165, 1.54) is 6.07 Å². The van der Waals surface area contributed by atoms with Gasteiger partial charge in [0.2, 0.25) is 5.56 Å². The van der Waals surface area contributed by atoms with E-state index in [0.717, 1.165) is 18.8 Å². The van der Waals surface area contributed by atoms with Crippen molar-refractivity contribution in [1.29, 1.82) is 0 Å². The number of fused-ring (bicyclic) bond motifs is 1. The molecule has 3 aromatic rings. The topological polar surface area (TPSA) is 81.8 Å². The molecule has 1 N–H and O–H groups in total. The third-order valence-corrected chi connectivity index (χ3v) is 7.17. The lowest BCUT2D eigenvalue weighted by Crippen LogP contribution is -2.59. The molecule has 0 aliphatic carbocycles. The molecule has 8 nitrogen and oxygen atoms in total. The number of nitrogens with zero attached hydrogens (tertiary/aromatic N) is 4. The van der Waals surface area contributed by atoms with E-state index >= 15 is 0 Å². The minimum atomic E-state index is -0.339. The van der Waals surface area contributed by atoms with Crippen molar-refractivity contribution >= 4 is 45.8 Å². The molecule has 1 unspecified atom stereocenters. The lowest BCUT2D eigenvalue weighted by atomic mass is 10.1. The van der Waals surface area contributed by atoms with E-state index in [1.54, 1.807) is 18.3 Å². The Bertz CT molecular complexity index is 1260. The summed E-state index contributed by atoms with van der Waals surface area (Å²) in [4.78, 5) is 39.5. The summed E-state index contributed by atoms with van der Waals surface area (Å²) in [5.41, 5.74) is 1.42. The predicted molar refractivity (Wildman–Crippen MR) is 133 cm³/mol. The summed E-state index contributed by atoms with van der Waals surface area (Å²) in [6.45, 7) is 5.52. The van der Waals surface area contributed by atoms with Gasteiger partial charge in [0.05, 0.1) is 34.9 Å². The van der Waals surface area contributed by atoms with Crippen molar-refractivity contribution in [2.75, 3.05) is 57.4 Å². The highest BCUT2D eigenvalue weighted by Crippen LogP contribution is 2.29. The molecule has 178 valence electrons. The zero-order valence-electron chi connectivity index (χ0n) is 18.5. The molecule has 34 heavy (non-hydrogen) atoms. The number of amides is 1. The minimum absolute atomic E-state index is 0.0835. The molecule has 1 atom stereocenters. The van der Waals surface area contributed by atoms with E-state index < -0.39 is 0 Å². The number of H-pyrrole nitrogens is 1. The average molecular weight is 502 g/mol. The number of hydrogen-bond acceptors (Lipinski definition) is 6. The first-order chi connectivity index (χ1) is 16.5. The fourth-order valence-corrected chi connectivity index (χ4v) is 4.98. The molecular formula is C24H25Cl2N5O3. The summed E-state index contributed by atoms with van der Waals surface area (Å²) >= 11 is 12.4. The number of morpholine rings is 1. The van der Waals surface area contributed by atoms with E-state index in [1.807, 2.05) is 23.1 Å². The molecule has 2 aromatic heterocycles. The van der Waals surface area contributed by atoms with Crippen LogP contribution in [-0.2, 0) is 4.74 Å². The Labute approximate surface area is 207 Å². The smallest absolute Gasteiger partial charge is 0.255 e. The van der Waals surface area contributed by atoms with Gasteiger partial charge in [-0.15, -0.1) is 0 Å². The van der Waals surface area contributed by atoms with E-state index in [2.05, 4.69) is 19.8 Å². The molecule has 5 rings (SSSR count). The Morgan fingerprint density at radius 1 is 1.09 bits per heavy atom. The molecule has 1 aromatic carbocycles. The number of aromatic amines is 1. The van der Waals surface area contributed by atoms with Crippen molar-refractivity contribution in [1.82, 2.24) is 19.8 Å². The fraction of sp³-hybridized carbons (Fsp3) is 0.375. The maximum Gasteiger partial charge on any atom is 0.255 e. The number of anilines is 1. The number of benzene rings is 1. The van der Waals surface area contributed by atoms with Gasteiger partial charge in [-0.25, -0.2) is 4.98 Å². The zero-order valence-corrected chi connectivity index (χ0v) is 20.1. The van der Waals surface area contributed by atoms with Gasteiger partial charge < -0.3 is 19.5 Å². The van der Waals surface area contributed by atoms with Crippen LogP contribution in [0.4, 0.5) is 5.69 Å². The van der Waals surface area contributed by atoms with Crippen LogP contribution in [0, 0.1) is 0 Å². The Hall–Kier alpha value is -2.65. The number of halogens is 2. The largest absolute Gasteiger partial charge is 0.379 e. The Morgan fingerprint density at radius 2 is 1.91 bits per heavy atom. The van der Waals surface area contributed by atoms with Gasteiger partial charge >= 0.3 is 0 Å². The summed E-state index contributed by atoms with van der Waals surface area (Å²) < 4.78 is 5.50. The highest BCUT2D eigenvalue weighted by atomic mass is 35.5. The van der Waals surface area contributed by atoms with Crippen molar-refractivity contribution in [3.63, 3.8) is 0 Å². The van der Waals surface area contributed by atoms with Gasteiger partial charge in [0.15, 0.2) is 0 Å². The van der Waals surface area contributed by atoms with E-state index in [0.29, 0.717) is 66.0 Å². The first kappa shape index (κ1) is 23.1. The van der Waals surface area contributed by atoms with Crippen molar-refractivity contribution in [2.45, 2.75) is 6.04 Å². The normalized spacial score (nSPS) is 19.5. The number of carbonyl (C=O) groups excluding carboxylic acids is 1. The molecule has 2 saturated heterocycles. The first-order valence-corrected chi connectivity index (χ1v) is 12.0. The summed E-state index contributed by atoms with van der Waals surface area (Å²) in [6.07, 6.45) is 1.60. The van der Waals surface area contributed by atoms with Crippen molar-refractivity contribution < 1.29 is 9.53 Å². The van der Waals surface area contributed by atoms with Crippen LogP contribution in [0.5, 0.6) is 0 Å². The summed E-state index contributed by atoms with van der Waals surface area (Å²) in [7, 11) is 0. The third-order valence-electron chi connectivity index (χ3n) is 6.43. The third kappa shape index (κ3) is 4.77. The lowest BCUT2D eigenvalue weighted by Gasteiger charge is -2.44. The van der Waals surface area contributed by atoms with Gasteiger partial charge in [0, 0.05) is 62.6 Å². The highest BCUT2D eigenvalue weighted by Gasteiger charge is 2.34. The Kier molecular flexibility index (Phi) is 6.74. The molecule has 0 saturated carbocycles. The second kappa shape index (κ2) is 9.92. The molecular weight excluding hydrogens is 477 g/mol. The van der Waals surface area contributed by atoms with Gasteiger partial charge in [0.1, 0.15) is 5.65 Å². The lowest BCUT2D eigenvalue weighted by molar-refractivity contribution is 0.0204. The summed E-state index contributed by atoms with van der Waals surface area (Å²) in [5, 5.41) is 1.66. The number of hydrogen-bond donors (Lipinski definition) is 1. The first-order valence-electron chi connectivity index (χ1n) is 11.3. The van der Waals surface area contributed by atoms with Gasteiger partial charge in [-0.3, -0.25) is 14.5 Å². The monoisotopic (exact) mass is 501 g/mol. The van der Waals surface area contributed by atoms with Crippen LogP contribution < -0.4 is 10.5 Å². The van der Waals surface area contributed by atoms with E-state index in [-0.39, 0.29) is 17.5 Å². The Balaban J connectivity index is 1.46. The maximum absolute atomic E-state index is 13.8. The molecule has 2 aliphatic heterocycles. The number of rotatable bonds is 4. The highest BCUT2D eigenvalue weighted by molar-refractivity contribution is 6.42. The predicted octanol–water partition coefficient (Wildman–Crippen LogP) is 2.89. The van der Waals surface area contributed by atoms with Crippen molar-refractivity contribution in [3.8, 4) is 0 Å². The minimum Gasteiger partial charge on any atom is -0.379 e. The second-order valence-corrected chi connectivity index (χ2v) is 9.37. The van der Waals surface area contributed by atoms with Gasteiger partial charge in [-0.05, 0) is 30.3 Å². The molecule has 0 bridgehead atoms. The molecule has 4 heterocycles. The molecule has 0 radical (unpaired) electrons. The summed E-state index contributed by atoms with van der Waals surface area (Å²) in [6, 6.07) is 10.5. The van der Waals surface area contributed by atoms with Crippen LogP contribution >= 0.6 is 23.2 Å². The number of aromatic nitrogens is 2. The average Bonchev–Trinajstić information content (AvgIpc) is 2.85. The maximum atomic E-state index is 13.8. The molecule has 2 fully saturated rings. The van der Waals surface area contributed by atoms with Crippen LogP contribution in [-0.4, -0.2) is 84.2 Å². The van der Waals surface area contributed by atoms with Crippen molar-refractivity contribution in [3.05, 3.63) is 68.6 Å². The van der Waals surface area contributed by atoms with Crippen LogP contribution in [0.2, 0.25) is 10.0 Å². The number of pyridine rings is 2. The van der Waals surface area contributed by atoms with Gasteiger partial charge in [-0.2, -0.15) is 0 Å². The fourth-order valence-electron chi connectivity index (χ4n) is 4.69. The Morgan fingerprint density at radius 3 is 2.71 bits per heavy atom. The van der Waals surface area contributed by atoms with Crippen LogP contribution in [0.25, 0.3) is 11.0 Å². The number of nitrogens with one attached hydrogen (secondary N) is 1. The molecule has 2 aliphatic rings. The quantitative estimate of drug-likeness (QED) is 0.591. The number of piperazine rings is 1. The van der Waals surface area contributed by atoms with Crippen LogP contribution in [0.1, 0.15) is 10.4 Å². The van der Waals surface area contributed by atoms with E-state index in [9.17, 15) is 9.59 Å². The van der Waals surface area contributed by atoms with Gasteiger partial charge in [-0.1, -0.05) is 23.2 Å². The number of ether oxygens (including phenoxy) is 1. The van der Waals surface area contributed by atoms with Crippen LogP contribution in [0.3, 0.4) is 0 Å². The van der Waals surface area contributed by atoms with Crippen molar-refractivity contribution in [2.24, 2.45) is 0 Å². The van der Waals surface area contributed by atoms with Gasteiger partial charge in [0.25, 0.3) is 5.91 Å². The number of carbonyl (C=O) groups is 1. The molecule has 1 amide bonds. The molecule has 10 heteroatoms. The zero-order chi connectivity index (χ0) is 23.7. The van der Waals surface area contributed by atoms with E-state index in [4.69, 9.17) is 27.9 Å². The molecule has 0 spiro atoms. The standard InChI is InChI=1S/C24H25Cl2N5O3/c25-20-4-3-16(12-21(20)26)30-6-7-31(17(15-30)14-29-8-10-34-11-9-29)24(33)19-13-22(32)28-23-18(19)2-1-5-27-23/h1-5,12-13,17H,6-11,14-15H2,(H,27,28,32).